The minimum absolute atomic E-state index is 0.00617. The Balaban J connectivity index is 2.43. The molecular formula is C12H18N6O2. The fourth-order valence-corrected chi connectivity index (χ4v) is 2.18. The van der Waals surface area contributed by atoms with Crippen molar-refractivity contribution in [3.8, 4) is 11.5 Å². The van der Waals surface area contributed by atoms with Gasteiger partial charge in [0.25, 0.3) is 0 Å². The van der Waals surface area contributed by atoms with Crippen LogP contribution in [0.2, 0.25) is 0 Å². The van der Waals surface area contributed by atoms with E-state index in [9.17, 15) is 4.79 Å². The molecule has 2 aromatic rings. The lowest BCUT2D eigenvalue weighted by atomic mass is 10.1. The molecule has 0 aromatic carbocycles. The highest BCUT2D eigenvalue weighted by Gasteiger charge is 2.22. The van der Waals surface area contributed by atoms with Gasteiger partial charge in [0.1, 0.15) is 5.69 Å². The smallest absolute Gasteiger partial charge is 0.305 e. The van der Waals surface area contributed by atoms with Crippen LogP contribution in [0.5, 0.6) is 0 Å². The Morgan fingerprint density at radius 2 is 2.20 bits per heavy atom. The predicted octanol–water partition coefficient (Wildman–Crippen LogP) is 1.29. The third kappa shape index (κ3) is 2.68. The van der Waals surface area contributed by atoms with E-state index >= 15 is 0 Å². The first-order valence-corrected chi connectivity index (χ1v) is 6.61. The molecule has 1 atom stereocenters. The summed E-state index contributed by atoms with van der Waals surface area (Å²) < 4.78 is 3.39. The van der Waals surface area contributed by atoms with Gasteiger partial charge in [0, 0.05) is 6.54 Å². The fraction of sp³-hybridized carbons (Fsp3) is 0.583. The second-order valence-electron chi connectivity index (χ2n) is 4.59. The molecule has 1 unspecified atom stereocenters. The SMILES string of the molecule is CCC(CC(=O)O)n1nnnc1-c1cc(C)nn1CC. The van der Waals surface area contributed by atoms with Gasteiger partial charge in [-0.25, -0.2) is 4.68 Å². The molecule has 0 radical (unpaired) electrons. The van der Waals surface area contributed by atoms with Gasteiger partial charge in [0.15, 0.2) is 0 Å². The summed E-state index contributed by atoms with van der Waals surface area (Å²) >= 11 is 0. The lowest BCUT2D eigenvalue weighted by molar-refractivity contribution is -0.138. The van der Waals surface area contributed by atoms with E-state index in [4.69, 9.17) is 5.11 Å². The standard InChI is InChI=1S/C12H18N6O2/c1-4-9(7-11(19)20)18-12(13-15-16-18)10-6-8(3)14-17(10)5-2/h6,9H,4-5,7H2,1-3H3,(H,19,20). The topological polar surface area (TPSA) is 98.7 Å². The molecule has 2 rings (SSSR count). The van der Waals surface area contributed by atoms with Gasteiger partial charge in [0.2, 0.25) is 5.82 Å². The quantitative estimate of drug-likeness (QED) is 0.854. The van der Waals surface area contributed by atoms with Gasteiger partial charge >= 0.3 is 5.97 Å². The first kappa shape index (κ1) is 14.2. The van der Waals surface area contributed by atoms with Gasteiger partial charge in [-0.3, -0.25) is 9.48 Å². The van der Waals surface area contributed by atoms with Crippen molar-refractivity contribution in [3.63, 3.8) is 0 Å². The Kier molecular flexibility index (Phi) is 4.11. The van der Waals surface area contributed by atoms with E-state index in [1.54, 1.807) is 4.68 Å². The van der Waals surface area contributed by atoms with E-state index in [-0.39, 0.29) is 12.5 Å². The van der Waals surface area contributed by atoms with Crippen molar-refractivity contribution in [2.45, 2.75) is 46.2 Å². The van der Waals surface area contributed by atoms with E-state index in [0.29, 0.717) is 18.8 Å². The molecule has 0 spiro atoms. The lowest BCUT2D eigenvalue weighted by Crippen LogP contribution is -2.16. The molecule has 8 heteroatoms. The number of nitrogens with zero attached hydrogens (tertiary/aromatic N) is 6. The number of carboxylic acids is 1. The number of aromatic nitrogens is 6. The summed E-state index contributed by atoms with van der Waals surface area (Å²) in [6.45, 7) is 6.50. The zero-order valence-electron chi connectivity index (χ0n) is 11.8. The van der Waals surface area contributed by atoms with Gasteiger partial charge in [-0.15, -0.1) is 5.10 Å². The third-order valence-electron chi connectivity index (χ3n) is 3.15. The van der Waals surface area contributed by atoms with Gasteiger partial charge in [-0.05, 0) is 36.8 Å². The molecule has 2 heterocycles. The average Bonchev–Trinajstić information content (AvgIpc) is 3.01. The van der Waals surface area contributed by atoms with E-state index in [2.05, 4.69) is 20.6 Å². The second-order valence-corrected chi connectivity index (χ2v) is 4.59. The van der Waals surface area contributed by atoms with Crippen LogP contribution in [0.1, 0.15) is 38.4 Å². The molecule has 20 heavy (non-hydrogen) atoms. The number of tetrazole rings is 1. The Labute approximate surface area is 116 Å². The predicted molar refractivity (Wildman–Crippen MR) is 71.0 cm³/mol. The van der Waals surface area contributed by atoms with Crippen molar-refractivity contribution in [3.05, 3.63) is 11.8 Å². The van der Waals surface area contributed by atoms with Crippen LogP contribution in [0.25, 0.3) is 11.5 Å². The third-order valence-corrected chi connectivity index (χ3v) is 3.15. The summed E-state index contributed by atoms with van der Waals surface area (Å²) in [5.74, 6) is -0.306. The molecule has 1 N–H and O–H groups in total. The van der Waals surface area contributed by atoms with E-state index < -0.39 is 5.97 Å². The van der Waals surface area contributed by atoms with E-state index in [1.165, 1.54) is 0 Å². The molecular weight excluding hydrogens is 260 g/mol. The maximum absolute atomic E-state index is 10.9. The molecule has 0 aliphatic carbocycles. The van der Waals surface area contributed by atoms with Gasteiger partial charge < -0.3 is 5.11 Å². The van der Waals surface area contributed by atoms with Crippen molar-refractivity contribution in [1.82, 2.24) is 30.0 Å². The molecule has 0 amide bonds. The number of aryl methyl sites for hydroxylation is 2. The summed E-state index contributed by atoms with van der Waals surface area (Å²) in [6.07, 6.45) is 0.636. The number of aliphatic carboxylic acids is 1. The monoisotopic (exact) mass is 278 g/mol. The molecule has 2 aromatic heterocycles. The van der Waals surface area contributed by atoms with E-state index in [0.717, 1.165) is 11.4 Å². The zero-order chi connectivity index (χ0) is 14.7. The molecule has 0 saturated carbocycles. The minimum Gasteiger partial charge on any atom is -0.481 e. The summed E-state index contributed by atoms with van der Waals surface area (Å²) in [5.41, 5.74) is 1.68. The van der Waals surface area contributed by atoms with Crippen LogP contribution in [0.3, 0.4) is 0 Å². The highest BCUT2D eigenvalue weighted by Crippen LogP contribution is 2.23. The Hall–Kier alpha value is -2.25. The molecule has 0 aliphatic rings. The summed E-state index contributed by atoms with van der Waals surface area (Å²) in [6, 6.07) is 1.64. The molecule has 108 valence electrons. The van der Waals surface area contributed by atoms with Gasteiger partial charge in [0.05, 0.1) is 18.2 Å². The molecule has 0 bridgehead atoms. The molecule has 8 nitrogen and oxygen atoms in total. The second kappa shape index (κ2) is 5.81. The van der Waals surface area contributed by atoms with Crippen LogP contribution < -0.4 is 0 Å². The lowest BCUT2D eigenvalue weighted by Gasteiger charge is -2.14. The highest BCUT2D eigenvalue weighted by atomic mass is 16.4. The van der Waals surface area contributed by atoms with Crippen molar-refractivity contribution in [2.24, 2.45) is 0 Å². The Morgan fingerprint density at radius 1 is 1.45 bits per heavy atom. The van der Waals surface area contributed by atoms with Crippen LogP contribution in [0, 0.1) is 6.92 Å². The maximum Gasteiger partial charge on any atom is 0.305 e. The molecule has 0 saturated heterocycles. The Morgan fingerprint density at radius 3 is 2.80 bits per heavy atom. The van der Waals surface area contributed by atoms with Crippen molar-refractivity contribution in [2.75, 3.05) is 0 Å². The number of carboxylic acid groups (broad SMARTS) is 1. The number of hydrogen-bond donors (Lipinski definition) is 1. The summed E-state index contributed by atoms with van der Waals surface area (Å²) in [4.78, 5) is 10.9. The number of carbonyl (C=O) groups is 1. The van der Waals surface area contributed by atoms with Crippen LogP contribution >= 0.6 is 0 Å². The van der Waals surface area contributed by atoms with Gasteiger partial charge in [-0.1, -0.05) is 6.92 Å². The first-order valence-electron chi connectivity index (χ1n) is 6.61. The van der Waals surface area contributed by atoms with Crippen LogP contribution in [-0.4, -0.2) is 41.1 Å². The van der Waals surface area contributed by atoms with E-state index in [1.807, 2.05) is 31.5 Å². The highest BCUT2D eigenvalue weighted by molar-refractivity contribution is 5.67. The van der Waals surface area contributed by atoms with Crippen molar-refractivity contribution < 1.29 is 9.90 Å². The summed E-state index contributed by atoms with van der Waals surface area (Å²) in [5, 5.41) is 25.0. The normalized spacial score (nSPS) is 12.6. The first-order chi connectivity index (χ1) is 9.56. The van der Waals surface area contributed by atoms with Gasteiger partial charge in [-0.2, -0.15) is 5.10 Å². The van der Waals surface area contributed by atoms with Crippen LogP contribution in [-0.2, 0) is 11.3 Å². The maximum atomic E-state index is 10.9. The van der Waals surface area contributed by atoms with Crippen LogP contribution in [0.4, 0.5) is 0 Å². The van der Waals surface area contributed by atoms with Crippen molar-refractivity contribution >= 4 is 5.97 Å². The van der Waals surface area contributed by atoms with Crippen molar-refractivity contribution in [1.29, 1.82) is 0 Å². The van der Waals surface area contributed by atoms with Crippen LogP contribution in [0.15, 0.2) is 6.07 Å². The minimum atomic E-state index is -0.863. The molecule has 0 fully saturated rings. The number of rotatable bonds is 6. The average molecular weight is 278 g/mol. The summed E-state index contributed by atoms with van der Waals surface area (Å²) in [7, 11) is 0. The Bertz CT molecular complexity index is 603. The fourth-order valence-electron chi connectivity index (χ4n) is 2.18. The largest absolute Gasteiger partial charge is 0.481 e. The number of hydrogen-bond acceptors (Lipinski definition) is 5. The zero-order valence-corrected chi connectivity index (χ0v) is 11.8. The molecule has 0 aliphatic heterocycles.